The molecule has 2 aromatic carbocycles. The number of carbonyl (C=O) groups excluding carboxylic acids is 2. The number of amides is 3. The first-order chi connectivity index (χ1) is 11.3. The number of nitrogens with one attached hydrogen (secondary N) is 1. The fourth-order valence-corrected chi connectivity index (χ4v) is 2.80. The first-order valence-corrected chi connectivity index (χ1v) is 7.47. The predicted molar refractivity (Wildman–Crippen MR) is 84.0 cm³/mol. The molecule has 1 heterocycles. The van der Waals surface area contributed by atoms with Crippen molar-refractivity contribution in [2.75, 3.05) is 0 Å². The van der Waals surface area contributed by atoms with Crippen molar-refractivity contribution in [3.8, 4) is 0 Å². The molecule has 124 valence electrons. The molecule has 0 aliphatic carbocycles. The number of rotatable bonds is 3. The molecule has 0 aromatic heterocycles. The van der Waals surface area contributed by atoms with Crippen LogP contribution >= 0.6 is 0 Å². The third kappa shape index (κ3) is 2.54. The van der Waals surface area contributed by atoms with Gasteiger partial charge in [-0.15, -0.1) is 0 Å². The van der Waals surface area contributed by atoms with Crippen LogP contribution in [0.25, 0.3) is 0 Å². The van der Waals surface area contributed by atoms with Crippen LogP contribution in [0.1, 0.15) is 23.6 Å². The van der Waals surface area contributed by atoms with Crippen molar-refractivity contribution in [3.63, 3.8) is 0 Å². The normalized spacial score (nSPS) is 20.4. The second-order valence-corrected chi connectivity index (χ2v) is 6.00. The number of carbonyl (C=O) groups is 2. The van der Waals surface area contributed by atoms with Crippen LogP contribution < -0.4 is 5.32 Å². The Morgan fingerprint density at radius 3 is 2.46 bits per heavy atom. The van der Waals surface area contributed by atoms with E-state index >= 15 is 0 Å². The molecule has 1 N–H and O–H groups in total. The summed E-state index contributed by atoms with van der Waals surface area (Å²) >= 11 is 0. The summed E-state index contributed by atoms with van der Waals surface area (Å²) in [5.41, 5.74) is 0.580. The molecule has 1 aliphatic heterocycles. The van der Waals surface area contributed by atoms with E-state index in [0.717, 1.165) is 28.2 Å². The number of imide groups is 1. The van der Waals surface area contributed by atoms with Crippen molar-refractivity contribution >= 4 is 11.9 Å². The Hall–Kier alpha value is -2.76. The van der Waals surface area contributed by atoms with Crippen LogP contribution in [-0.2, 0) is 16.9 Å². The molecule has 0 bridgehead atoms. The SMILES string of the molecule is Cc1ccccc1CN1C(=O)N[C@@](C)(c2ccc(F)c(F)c2)C1=O. The zero-order valence-electron chi connectivity index (χ0n) is 13.3. The first kappa shape index (κ1) is 16.1. The van der Waals surface area contributed by atoms with E-state index in [2.05, 4.69) is 5.32 Å². The van der Waals surface area contributed by atoms with E-state index in [1.165, 1.54) is 13.0 Å². The van der Waals surface area contributed by atoms with Crippen molar-refractivity contribution in [1.82, 2.24) is 10.2 Å². The maximum Gasteiger partial charge on any atom is 0.325 e. The number of urea groups is 1. The maximum absolute atomic E-state index is 13.5. The monoisotopic (exact) mass is 330 g/mol. The Morgan fingerprint density at radius 2 is 1.79 bits per heavy atom. The van der Waals surface area contributed by atoms with Gasteiger partial charge >= 0.3 is 6.03 Å². The summed E-state index contributed by atoms with van der Waals surface area (Å²) in [5, 5.41) is 2.58. The third-order valence-electron chi connectivity index (χ3n) is 4.36. The Kier molecular flexibility index (Phi) is 3.83. The van der Waals surface area contributed by atoms with Gasteiger partial charge in [-0.05, 0) is 42.7 Å². The van der Waals surface area contributed by atoms with Gasteiger partial charge in [-0.2, -0.15) is 0 Å². The second kappa shape index (κ2) is 5.70. The fraction of sp³-hybridized carbons (Fsp3) is 0.222. The number of nitrogens with zero attached hydrogens (tertiary/aromatic N) is 1. The minimum Gasteiger partial charge on any atom is -0.319 e. The molecule has 2 aromatic rings. The molecule has 4 nitrogen and oxygen atoms in total. The lowest BCUT2D eigenvalue weighted by Gasteiger charge is -2.22. The molecule has 1 aliphatic rings. The van der Waals surface area contributed by atoms with Crippen LogP contribution in [0.4, 0.5) is 13.6 Å². The van der Waals surface area contributed by atoms with E-state index in [9.17, 15) is 18.4 Å². The summed E-state index contributed by atoms with van der Waals surface area (Å²) in [5.74, 6) is -2.56. The summed E-state index contributed by atoms with van der Waals surface area (Å²) < 4.78 is 26.6. The molecule has 1 atom stereocenters. The van der Waals surface area contributed by atoms with Gasteiger partial charge in [0, 0.05) is 0 Å². The quantitative estimate of drug-likeness (QED) is 0.879. The molecule has 0 spiro atoms. The third-order valence-corrected chi connectivity index (χ3v) is 4.36. The smallest absolute Gasteiger partial charge is 0.319 e. The highest BCUT2D eigenvalue weighted by atomic mass is 19.2. The molecule has 0 unspecified atom stereocenters. The number of halogens is 2. The summed E-state index contributed by atoms with van der Waals surface area (Å²) in [6, 6.07) is 10.0. The van der Waals surface area contributed by atoms with Crippen LogP contribution in [0.2, 0.25) is 0 Å². The lowest BCUT2D eigenvalue weighted by atomic mass is 9.92. The van der Waals surface area contributed by atoms with E-state index in [4.69, 9.17) is 0 Å². The maximum atomic E-state index is 13.5. The first-order valence-electron chi connectivity index (χ1n) is 7.47. The molecule has 0 saturated carbocycles. The van der Waals surface area contributed by atoms with Crippen LogP contribution in [0.15, 0.2) is 42.5 Å². The van der Waals surface area contributed by atoms with Gasteiger partial charge in [-0.1, -0.05) is 30.3 Å². The molecular formula is C18H16F2N2O2. The number of aryl methyl sites for hydroxylation is 1. The van der Waals surface area contributed by atoms with Gasteiger partial charge in [0.2, 0.25) is 0 Å². The van der Waals surface area contributed by atoms with Gasteiger partial charge in [-0.25, -0.2) is 13.6 Å². The fourth-order valence-electron chi connectivity index (χ4n) is 2.80. The minimum atomic E-state index is -1.42. The Morgan fingerprint density at radius 1 is 1.08 bits per heavy atom. The van der Waals surface area contributed by atoms with Crippen LogP contribution in [0, 0.1) is 18.6 Å². The predicted octanol–water partition coefficient (Wildman–Crippen LogP) is 3.24. The summed E-state index contributed by atoms with van der Waals surface area (Å²) in [6.07, 6.45) is 0. The lowest BCUT2D eigenvalue weighted by Crippen LogP contribution is -2.41. The van der Waals surface area contributed by atoms with Crippen LogP contribution in [-0.4, -0.2) is 16.8 Å². The van der Waals surface area contributed by atoms with Crippen LogP contribution in [0.5, 0.6) is 0 Å². The molecule has 3 amide bonds. The van der Waals surface area contributed by atoms with Gasteiger partial charge in [0.15, 0.2) is 11.6 Å². The summed E-state index contributed by atoms with van der Waals surface area (Å²) in [7, 11) is 0. The lowest BCUT2D eigenvalue weighted by molar-refractivity contribution is -0.131. The van der Waals surface area contributed by atoms with Crippen molar-refractivity contribution in [2.45, 2.75) is 25.9 Å². The molecule has 6 heteroatoms. The van der Waals surface area contributed by atoms with Gasteiger partial charge in [0.05, 0.1) is 6.54 Å². The van der Waals surface area contributed by atoms with E-state index in [0.29, 0.717) is 0 Å². The molecule has 0 radical (unpaired) electrons. The highest BCUT2D eigenvalue weighted by Gasteiger charge is 2.49. The Labute approximate surface area is 138 Å². The standard InChI is InChI=1S/C18H16F2N2O2/c1-11-5-3-4-6-12(11)10-22-16(23)18(2,21-17(22)24)13-7-8-14(19)15(20)9-13/h3-9H,10H2,1-2H3,(H,21,24)/t18-/m0/s1. The van der Waals surface area contributed by atoms with Crippen molar-refractivity contribution in [1.29, 1.82) is 0 Å². The van der Waals surface area contributed by atoms with Crippen molar-refractivity contribution in [2.24, 2.45) is 0 Å². The molecule has 1 saturated heterocycles. The van der Waals surface area contributed by atoms with Gasteiger partial charge in [-0.3, -0.25) is 9.69 Å². The topological polar surface area (TPSA) is 49.4 Å². The van der Waals surface area contributed by atoms with E-state index in [1.54, 1.807) is 0 Å². The van der Waals surface area contributed by atoms with E-state index in [-0.39, 0.29) is 12.1 Å². The van der Waals surface area contributed by atoms with E-state index in [1.807, 2.05) is 31.2 Å². The van der Waals surface area contributed by atoms with Crippen molar-refractivity contribution < 1.29 is 18.4 Å². The second-order valence-electron chi connectivity index (χ2n) is 6.00. The Bertz CT molecular complexity index is 838. The zero-order valence-corrected chi connectivity index (χ0v) is 13.3. The average molecular weight is 330 g/mol. The zero-order chi connectivity index (χ0) is 17.5. The number of hydrogen-bond acceptors (Lipinski definition) is 2. The number of benzene rings is 2. The molecule has 1 fully saturated rings. The molecular weight excluding hydrogens is 314 g/mol. The van der Waals surface area contributed by atoms with Gasteiger partial charge in [0.25, 0.3) is 5.91 Å². The van der Waals surface area contributed by atoms with Crippen molar-refractivity contribution in [3.05, 3.63) is 70.8 Å². The van der Waals surface area contributed by atoms with Gasteiger partial charge < -0.3 is 5.32 Å². The largest absolute Gasteiger partial charge is 0.325 e. The van der Waals surface area contributed by atoms with Crippen LogP contribution in [0.3, 0.4) is 0 Å². The highest BCUT2D eigenvalue weighted by molar-refractivity contribution is 6.07. The minimum absolute atomic E-state index is 0.122. The molecule has 3 rings (SSSR count). The summed E-state index contributed by atoms with van der Waals surface area (Å²) in [4.78, 5) is 26.1. The van der Waals surface area contributed by atoms with Gasteiger partial charge in [0.1, 0.15) is 5.54 Å². The summed E-state index contributed by atoms with van der Waals surface area (Å²) in [6.45, 7) is 3.50. The highest BCUT2D eigenvalue weighted by Crippen LogP contribution is 2.30. The Balaban J connectivity index is 1.93. The van der Waals surface area contributed by atoms with E-state index < -0.39 is 29.1 Å². The number of hydrogen-bond donors (Lipinski definition) is 1. The average Bonchev–Trinajstić information content (AvgIpc) is 2.76. The molecule has 24 heavy (non-hydrogen) atoms.